The molecule has 0 aliphatic heterocycles. The Kier molecular flexibility index (Phi) is 7.14. The smallest absolute Gasteiger partial charge is 0.164 e. The van der Waals surface area contributed by atoms with E-state index in [0.717, 1.165) is 77.0 Å². The van der Waals surface area contributed by atoms with Crippen LogP contribution in [0.25, 0.3) is 111 Å². The quantitative estimate of drug-likeness (QED) is 0.168. The minimum absolute atomic E-state index is 0.631. The summed E-state index contributed by atoms with van der Waals surface area (Å²) in [5.74, 6) is 1.90. The Morgan fingerprint density at radius 1 is 0.273 bits per heavy atom. The van der Waals surface area contributed by atoms with Crippen LogP contribution in [0.4, 0.5) is 0 Å². The Balaban J connectivity index is 1.11. The van der Waals surface area contributed by atoms with Crippen LogP contribution in [0.5, 0.6) is 0 Å². The molecule has 0 atom stereocenters. The molecule has 0 radical (unpaired) electrons. The van der Waals surface area contributed by atoms with E-state index < -0.39 is 0 Å². The second kappa shape index (κ2) is 12.6. The topological polar surface area (TPSA) is 51.8 Å². The van der Waals surface area contributed by atoms with Gasteiger partial charge in [0.2, 0.25) is 0 Å². The maximum absolute atomic E-state index is 6.24. The molecule has 0 saturated heterocycles. The van der Waals surface area contributed by atoms with Gasteiger partial charge in [0.1, 0.15) is 11.2 Å². The number of furan rings is 1. The second-order valence-electron chi connectivity index (χ2n) is 14.0. The Morgan fingerprint density at radius 2 is 0.873 bits per heavy atom. The minimum atomic E-state index is 0.631. The highest BCUT2D eigenvalue weighted by molar-refractivity contribution is 6.17. The molecule has 11 rings (SSSR count). The van der Waals surface area contributed by atoms with Gasteiger partial charge in [0, 0.05) is 27.5 Å². The van der Waals surface area contributed by atoms with Gasteiger partial charge in [-0.05, 0) is 97.0 Å². The van der Waals surface area contributed by atoms with Crippen LogP contribution in [0.2, 0.25) is 0 Å². The molecule has 0 amide bonds. The molecule has 0 fully saturated rings. The van der Waals surface area contributed by atoms with Crippen LogP contribution in [0.15, 0.2) is 192 Å². The number of benzene rings is 9. The molecule has 0 aliphatic rings. The number of fused-ring (bicyclic) bond motifs is 7. The molecule has 0 aliphatic carbocycles. The molecule has 0 saturated carbocycles. The first-order chi connectivity index (χ1) is 27.2. The number of hydrogen-bond acceptors (Lipinski definition) is 4. The van der Waals surface area contributed by atoms with E-state index in [9.17, 15) is 0 Å². The highest BCUT2D eigenvalue weighted by Gasteiger charge is 2.17. The molecule has 0 N–H and O–H groups in total. The summed E-state index contributed by atoms with van der Waals surface area (Å²) >= 11 is 0. The summed E-state index contributed by atoms with van der Waals surface area (Å²) < 4.78 is 6.24. The lowest BCUT2D eigenvalue weighted by Crippen LogP contribution is -2.01. The molecule has 9 aromatic carbocycles. The van der Waals surface area contributed by atoms with Crippen LogP contribution in [0.3, 0.4) is 0 Å². The van der Waals surface area contributed by atoms with Gasteiger partial charge in [0.15, 0.2) is 17.5 Å². The summed E-state index contributed by atoms with van der Waals surface area (Å²) in [6.45, 7) is 0. The third kappa shape index (κ3) is 5.43. The maximum atomic E-state index is 6.24. The number of para-hydroxylation sites is 1. The van der Waals surface area contributed by atoms with Crippen LogP contribution in [-0.4, -0.2) is 15.0 Å². The first-order valence-electron chi connectivity index (χ1n) is 18.5. The van der Waals surface area contributed by atoms with Gasteiger partial charge in [-0.2, -0.15) is 0 Å². The van der Waals surface area contributed by atoms with Gasteiger partial charge < -0.3 is 4.42 Å². The molecular weight excluding hydrogens is 671 g/mol. The van der Waals surface area contributed by atoms with Crippen molar-refractivity contribution in [3.63, 3.8) is 0 Å². The zero-order valence-corrected chi connectivity index (χ0v) is 29.6. The molecule has 4 heteroatoms. The fourth-order valence-corrected chi connectivity index (χ4v) is 7.92. The van der Waals surface area contributed by atoms with Crippen LogP contribution < -0.4 is 0 Å². The van der Waals surface area contributed by atoms with Crippen molar-refractivity contribution in [3.05, 3.63) is 188 Å². The van der Waals surface area contributed by atoms with Gasteiger partial charge in [0.05, 0.1) is 0 Å². The summed E-state index contributed by atoms with van der Waals surface area (Å²) in [7, 11) is 0. The summed E-state index contributed by atoms with van der Waals surface area (Å²) in [6, 6.07) is 65.9. The van der Waals surface area contributed by atoms with E-state index in [0.29, 0.717) is 17.5 Å². The number of aromatic nitrogens is 3. The van der Waals surface area contributed by atoms with Crippen molar-refractivity contribution in [2.24, 2.45) is 0 Å². The lowest BCUT2D eigenvalue weighted by Gasteiger charge is -2.14. The highest BCUT2D eigenvalue weighted by atomic mass is 16.3. The Hall–Kier alpha value is -7.43. The molecule has 0 spiro atoms. The largest absolute Gasteiger partial charge is 0.456 e. The molecule has 0 unspecified atom stereocenters. The summed E-state index contributed by atoms with van der Waals surface area (Å²) in [5.41, 5.74) is 9.11. The van der Waals surface area contributed by atoms with Crippen molar-refractivity contribution >= 4 is 54.3 Å². The standard InChI is InChI=1S/C51H31N3O/c1-3-12-32(13-4-1)35-17-11-18-39(26-35)50-52-49(34-14-5-2-6-15-34)53-51(54-50)46-29-40(27-37-16-7-8-19-41(37)46)36-24-22-33-23-25-38-30-48-45(31-44(38)43(33)28-36)42-20-9-10-21-47(42)55-48/h1-31H. The van der Waals surface area contributed by atoms with Crippen molar-refractivity contribution in [2.45, 2.75) is 0 Å². The van der Waals surface area contributed by atoms with Crippen molar-refractivity contribution in [1.82, 2.24) is 15.0 Å². The predicted octanol–water partition coefficient (Wildman–Crippen LogP) is 13.6. The average molecular weight is 702 g/mol. The van der Waals surface area contributed by atoms with Gasteiger partial charge in [-0.25, -0.2) is 15.0 Å². The second-order valence-corrected chi connectivity index (χ2v) is 14.0. The highest BCUT2D eigenvalue weighted by Crippen LogP contribution is 2.39. The molecule has 55 heavy (non-hydrogen) atoms. The van der Waals surface area contributed by atoms with Crippen molar-refractivity contribution in [2.75, 3.05) is 0 Å². The zero-order chi connectivity index (χ0) is 36.3. The van der Waals surface area contributed by atoms with E-state index in [1.165, 1.54) is 16.2 Å². The lowest BCUT2D eigenvalue weighted by molar-refractivity contribution is 0.669. The number of nitrogens with zero attached hydrogens (tertiary/aromatic N) is 3. The predicted molar refractivity (Wildman–Crippen MR) is 227 cm³/mol. The van der Waals surface area contributed by atoms with E-state index in [1.54, 1.807) is 0 Å². The van der Waals surface area contributed by atoms with Crippen LogP contribution in [0, 0.1) is 0 Å². The van der Waals surface area contributed by atoms with E-state index >= 15 is 0 Å². The fourth-order valence-electron chi connectivity index (χ4n) is 7.92. The minimum Gasteiger partial charge on any atom is -0.456 e. The number of hydrogen-bond donors (Lipinski definition) is 0. The summed E-state index contributed by atoms with van der Waals surface area (Å²) in [5, 5.41) is 9.20. The SMILES string of the molecule is c1ccc(-c2cccc(-c3nc(-c4ccccc4)nc(-c4cc(-c5ccc6ccc7cc8oc9ccccc9c8cc7c6c5)cc5ccccc45)n3)c2)cc1. The third-order valence-corrected chi connectivity index (χ3v) is 10.7. The first-order valence-corrected chi connectivity index (χ1v) is 18.5. The Labute approximate surface area is 317 Å². The summed E-state index contributed by atoms with van der Waals surface area (Å²) in [4.78, 5) is 15.5. The fraction of sp³-hybridized carbons (Fsp3) is 0. The van der Waals surface area contributed by atoms with E-state index in [-0.39, 0.29) is 0 Å². The third-order valence-electron chi connectivity index (χ3n) is 10.7. The molecule has 2 heterocycles. The van der Waals surface area contributed by atoms with Gasteiger partial charge in [-0.3, -0.25) is 0 Å². The van der Waals surface area contributed by atoms with Crippen LogP contribution in [0.1, 0.15) is 0 Å². The average Bonchev–Trinajstić information content (AvgIpc) is 3.63. The molecule has 0 bridgehead atoms. The zero-order valence-electron chi connectivity index (χ0n) is 29.6. The summed E-state index contributed by atoms with van der Waals surface area (Å²) in [6.07, 6.45) is 0. The molecule has 256 valence electrons. The maximum Gasteiger partial charge on any atom is 0.164 e. The van der Waals surface area contributed by atoms with Crippen LogP contribution in [-0.2, 0) is 0 Å². The van der Waals surface area contributed by atoms with Crippen LogP contribution >= 0.6 is 0 Å². The van der Waals surface area contributed by atoms with E-state index in [4.69, 9.17) is 19.4 Å². The van der Waals surface area contributed by atoms with Crippen molar-refractivity contribution in [3.8, 4) is 56.4 Å². The molecule has 4 nitrogen and oxygen atoms in total. The monoisotopic (exact) mass is 701 g/mol. The molecular formula is C51H31N3O. The van der Waals surface area contributed by atoms with E-state index in [2.05, 4.69) is 152 Å². The van der Waals surface area contributed by atoms with Gasteiger partial charge in [-0.15, -0.1) is 0 Å². The Morgan fingerprint density at radius 3 is 1.73 bits per heavy atom. The van der Waals surface area contributed by atoms with E-state index in [1.807, 2.05) is 36.4 Å². The molecule has 2 aromatic heterocycles. The van der Waals surface area contributed by atoms with Gasteiger partial charge in [-0.1, -0.05) is 146 Å². The molecule has 11 aromatic rings. The van der Waals surface area contributed by atoms with Crippen molar-refractivity contribution in [1.29, 1.82) is 0 Å². The Bertz CT molecular complexity index is 3260. The first kappa shape index (κ1) is 31.1. The number of rotatable bonds is 5. The van der Waals surface area contributed by atoms with Gasteiger partial charge >= 0.3 is 0 Å². The normalized spacial score (nSPS) is 11.6. The van der Waals surface area contributed by atoms with Gasteiger partial charge in [0.25, 0.3) is 0 Å². The van der Waals surface area contributed by atoms with Crippen molar-refractivity contribution < 1.29 is 4.42 Å². The lowest BCUT2D eigenvalue weighted by atomic mass is 9.93.